The van der Waals surface area contributed by atoms with Crippen LogP contribution in [0.25, 0.3) is 5.69 Å². The molecule has 0 aliphatic rings. The SMILES string of the molecule is Cc1c(C(=O)Nc2ccc(Nc3ccc(C(F)(F)F)cn3)cc2)nnn1-c1cccc(Br)c1. The Morgan fingerprint density at radius 3 is 2.39 bits per heavy atom. The standard InChI is InChI=1S/C22H16BrF3N6O/c1-13-20(30-31-32(13)18-4-2-3-15(23)11-18)21(33)29-17-8-6-16(7-9-17)28-19-10-5-14(12-27-19)22(24,25)26/h2-12H,1H3,(H,27,28)(H,29,33). The lowest BCUT2D eigenvalue weighted by molar-refractivity contribution is -0.137. The van der Waals surface area contributed by atoms with Gasteiger partial charge in [0, 0.05) is 22.0 Å². The maximum atomic E-state index is 12.7. The second-order valence-electron chi connectivity index (χ2n) is 7.00. The summed E-state index contributed by atoms with van der Waals surface area (Å²) < 4.78 is 40.4. The summed E-state index contributed by atoms with van der Waals surface area (Å²) in [6.45, 7) is 1.75. The fourth-order valence-electron chi connectivity index (χ4n) is 3.00. The zero-order valence-corrected chi connectivity index (χ0v) is 18.6. The number of nitrogens with one attached hydrogen (secondary N) is 2. The molecule has 4 rings (SSSR count). The van der Waals surface area contributed by atoms with Crippen LogP contribution < -0.4 is 10.6 Å². The fraction of sp³-hybridized carbons (Fsp3) is 0.0909. The van der Waals surface area contributed by atoms with E-state index in [1.165, 1.54) is 6.07 Å². The second kappa shape index (κ2) is 9.02. The Morgan fingerprint density at radius 2 is 1.76 bits per heavy atom. The molecule has 0 aliphatic carbocycles. The van der Waals surface area contributed by atoms with Crippen molar-refractivity contribution in [1.82, 2.24) is 20.0 Å². The predicted molar refractivity (Wildman–Crippen MR) is 121 cm³/mol. The number of carbonyl (C=O) groups excluding carboxylic acids is 1. The van der Waals surface area contributed by atoms with Gasteiger partial charge in [-0.25, -0.2) is 9.67 Å². The minimum absolute atomic E-state index is 0.186. The van der Waals surface area contributed by atoms with Crippen molar-refractivity contribution in [2.24, 2.45) is 0 Å². The van der Waals surface area contributed by atoms with Crippen molar-refractivity contribution in [3.63, 3.8) is 0 Å². The molecule has 2 aromatic carbocycles. The highest BCUT2D eigenvalue weighted by Gasteiger charge is 2.30. The van der Waals surface area contributed by atoms with E-state index < -0.39 is 17.6 Å². The highest BCUT2D eigenvalue weighted by molar-refractivity contribution is 9.10. The molecule has 0 unspecified atom stereocenters. The third kappa shape index (κ3) is 5.20. The van der Waals surface area contributed by atoms with Crippen LogP contribution >= 0.6 is 15.9 Å². The first-order chi connectivity index (χ1) is 15.7. The largest absolute Gasteiger partial charge is 0.417 e. The number of alkyl halides is 3. The van der Waals surface area contributed by atoms with Crippen molar-refractivity contribution in [3.8, 4) is 5.69 Å². The Balaban J connectivity index is 1.42. The molecule has 0 saturated carbocycles. The van der Waals surface area contributed by atoms with Gasteiger partial charge in [0.25, 0.3) is 5.91 Å². The van der Waals surface area contributed by atoms with Crippen molar-refractivity contribution in [2.75, 3.05) is 10.6 Å². The monoisotopic (exact) mass is 516 g/mol. The fourth-order valence-corrected chi connectivity index (χ4v) is 3.39. The molecule has 33 heavy (non-hydrogen) atoms. The maximum absolute atomic E-state index is 12.7. The number of halogens is 4. The van der Waals surface area contributed by atoms with Gasteiger partial charge in [-0.15, -0.1) is 5.10 Å². The van der Waals surface area contributed by atoms with Crippen molar-refractivity contribution in [2.45, 2.75) is 13.1 Å². The number of benzene rings is 2. The number of hydrogen-bond donors (Lipinski definition) is 2. The second-order valence-corrected chi connectivity index (χ2v) is 7.92. The summed E-state index contributed by atoms with van der Waals surface area (Å²) in [6.07, 6.45) is -3.67. The van der Waals surface area contributed by atoms with E-state index in [1.807, 2.05) is 24.3 Å². The number of amides is 1. The van der Waals surface area contributed by atoms with Crippen LogP contribution in [-0.4, -0.2) is 25.9 Å². The van der Waals surface area contributed by atoms with Crippen molar-refractivity contribution >= 4 is 39.0 Å². The number of pyridine rings is 1. The molecule has 0 radical (unpaired) electrons. The van der Waals surface area contributed by atoms with Gasteiger partial charge in [0.1, 0.15) is 5.82 Å². The van der Waals surface area contributed by atoms with Crippen LogP contribution in [0.1, 0.15) is 21.7 Å². The number of hydrogen-bond acceptors (Lipinski definition) is 5. The summed E-state index contributed by atoms with van der Waals surface area (Å²) in [5, 5.41) is 13.7. The van der Waals surface area contributed by atoms with Gasteiger partial charge < -0.3 is 10.6 Å². The molecule has 7 nitrogen and oxygen atoms in total. The minimum Gasteiger partial charge on any atom is -0.340 e. The number of rotatable bonds is 5. The van der Waals surface area contributed by atoms with Crippen LogP contribution in [-0.2, 0) is 6.18 Å². The summed E-state index contributed by atoms with van der Waals surface area (Å²) >= 11 is 3.41. The van der Waals surface area contributed by atoms with Gasteiger partial charge in [-0.05, 0) is 61.5 Å². The molecule has 0 atom stereocenters. The van der Waals surface area contributed by atoms with Gasteiger partial charge in [0.2, 0.25) is 0 Å². The number of nitrogens with zero attached hydrogens (tertiary/aromatic N) is 4. The van der Waals surface area contributed by atoms with Crippen LogP contribution in [0.2, 0.25) is 0 Å². The molecule has 0 spiro atoms. The summed E-state index contributed by atoms with van der Waals surface area (Å²) in [5.74, 6) is -0.154. The molecular weight excluding hydrogens is 501 g/mol. The highest BCUT2D eigenvalue weighted by Crippen LogP contribution is 2.29. The first-order valence-electron chi connectivity index (χ1n) is 9.60. The topological polar surface area (TPSA) is 84.7 Å². The molecule has 0 bridgehead atoms. The van der Waals surface area contributed by atoms with E-state index in [1.54, 1.807) is 35.9 Å². The molecule has 2 heterocycles. The molecule has 11 heteroatoms. The van der Waals surface area contributed by atoms with E-state index in [-0.39, 0.29) is 11.5 Å². The van der Waals surface area contributed by atoms with Gasteiger partial charge in [0.05, 0.1) is 16.9 Å². The third-order valence-electron chi connectivity index (χ3n) is 4.67. The molecule has 2 N–H and O–H groups in total. The normalized spacial score (nSPS) is 11.3. The van der Waals surface area contributed by atoms with Gasteiger partial charge in [-0.2, -0.15) is 13.2 Å². The Labute approximate surface area is 194 Å². The zero-order chi connectivity index (χ0) is 23.6. The van der Waals surface area contributed by atoms with Gasteiger partial charge in [-0.3, -0.25) is 4.79 Å². The Bertz CT molecular complexity index is 1290. The van der Waals surface area contributed by atoms with Crippen LogP contribution in [0.15, 0.2) is 71.3 Å². The van der Waals surface area contributed by atoms with Crippen LogP contribution in [0.5, 0.6) is 0 Å². The van der Waals surface area contributed by atoms with E-state index >= 15 is 0 Å². The van der Waals surface area contributed by atoms with Crippen molar-refractivity contribution in [3.05, 3.63) is 88.3 Å². The van der Waals surface area contributed by atoms with Crippen LogP contribution in [0, 0.1) is 6.92 Å². The summed E-state index contributed by atoms with van der Waals surface area (Å²) in [6, 6.07) is 16.3. The molecule has 2 aromatic heterocycles. The summed E-state index contributed by atoms with van der Waals surface area (Å²) in [5.41, 5.74) is 1.82. The molecule has 0 aliphatic heterocycles. The van der Waals surface area contributed by atoms with E-state index in [2.05, 4.69) is 41.9 Å². The predicted octanol–water partition coefficient (Wildman–Crippen LogP) is 5.75. The smallest absolute Gasteiger partial charge is 0.340 e. The van der Waals surface area contributed by atoms with Crippen LogP contribution in [0.4, 0.5) is 30.4 Å². The zero-order valence-electron chi connectivity index (χ0n) is 17.1. The highest BCUT2D eigenvalue weighted by atomic mass is 79.9. The van der Waals surface area contributed by atoms with E-state index in [4.69, 9.17) is 0 Å². The molecule has 0 fully saturated rings. The average molecular weight is 517 g/mol. The Hall–Kier alpha value is -3.73. The van der Waals surface area contributed by atoms with Gasteiger partial charge >= 0.3 is 6.18 Å². The number of aromatic nitrogens is 4. The molecule has 4 aromatic rings. The van der Waals surface area contributed by atoms with Crippen molar-refractivity contribution < 1.29 is 18.0 Å². The lowest BCUT2D eigenvalue weighted by Crippen LogP contribution is -2.14. The van der Waals surface area contributed by atoms with Crippen LogP contribution in [0.3, 0.4) is 0 Å². The average Bonchev–Trinajstić information content (AvgIpc) is 3.16. The quantitative estimate of drug-likeness (QED) is 0.353. The Kier molecular flexibility index (Phi) is 6.14. The van der Waals surface area contributed by atoms with E-state index in [0.29, 0.717) is 17.1 Å². The van der Waals surface area contributed by atoms with E-state index in [9.17, 15) is 18.0 Å². The number of carbonyl (C=O) groups is 1. The molecular formula is C22H16BrF3N6O. The molecule has 0 saturated heterocycles. The van der Waals surface area contributed by atoms with Crippen molar-refractivity contribution in [1.29, 1.82) is 0 Å². The lowest BCUT2D eigenvalue weighted by Gasteiger charge is -2.10. The van der Waals surface area contributed by atoms with Gasteiger partial charge in [-0.1, -0.05) is 27.2 Å². The number of anilines is 3. The third-order valence-corrected chi connectivity index (χ3v) is 5.16. The summed E-state index contributed by atoms with van der Waals surface area (Å²) in [4.78, 5) is 16.5. The molecule has 168 valence electrons. The van der Waals surface area contributed by atoms with Gasteiger partial charge in [0.15, 0.2) is 5.69 Å². The Morgan fingerprint density at radius 1 is 1.03 bits per heavy atom. The van der Waals surface area contributed by atoms with E-state index in [0.717, 1.165) is 22.4 Å². The first kappa shape index (κ1) is 22.5. The maximum Gasteiger partial charge on any atom is 0.417 e. The minimum atomic E-state index is -4.44. The summed E-state index contributed by atoms with van der Waals surface area (Å²) in [7, 11) is 0. The first-order valence-corrected chi connectivity index (χ1v) is 10.4. The lowest BCUT2D eigenvalue weighted by atomic mass is 10.2. The molecule has 1 amide bonds.